The van der Waals surface area contributed by atoms with Crippen molar-refractivity contribution in [2.45, 2.75) is 6.54 Å². The normalized spacial score (nSPS) is 11.8. The molecule has 0 bridgehead atoms. The number of rotatable bonds is 6. The van der Waals surface area contributed by atoms with Gasteiger partial charge < -0.3 is 15.0 Å². The minimum Gasteiger partial charge on any atom is -0.496 e. The maximum absolute atomic E-state index is 12.1. The molecule has 2 N–H and O–H groups in total. The zero-order valence-corrected chi connectivity index (χ0v) is 14.5. The van der Waals surface area contributed by atoms with Gasteiger partial charge in [0.15, 0.2) is 6.54 Å². The Hall–Kier alpha value is -1.75. The molecule has 1 amide bonds. The summed E-state index contributed by atoms with van der Waals surface area (Å²) in [6.45, 7) is 0.968. The molecule has 1 atom stereocenters. The Morgan fingerprint density at radius 2 is 1.78 bits per heavy atom. The fourth-order valence-corrected chi connectivity index (χ4v) is 2.61. The second-order valence-corrected chi connectivity index (χ2v) is 6.19. The third kappa shape index (κ3) is 5.43. The van der Waals surface area contributed by atoms with E-state index in [2.05, 4.69) is 5.32 Å². The molecule has 6 heteroatoms. The first-order valence-corrected chi connectivity index (χ1v) is 7.92. The summed E-state index contributed by atoms with van der Waals surface area (Å²) in [6.07, 6.45) is 0. The van der Waals surface area contributed by atoms with Crippen molar-refractivity contribution in [2.75, 3.05) is 26.0 Å². The summed E-state index contributed by atoms with van der Waals surface area (Å²) in [5, 5.41) is 4.14. The van der Waals surface area contributed by atoms with E-state index in [0.29, 0.717) is 23.1 Å². The van der Waals surface area contributed by atoms with Crippen molar-refractivity contribution in [3.63, 3.8) is 0 Å². The van der Waals surface area contributed by atoms with E-state index in [-0.39, 0.29) is 5.91 Å². The number of anilines is 1. The lowest BCUT2D eigenvalue weighted by molar-refractivity contribution is -0.885. The van der Waals surface area contributed by atoms with Gasteiger partial charge in [0.25, 0.3) is 5.91 Å². The number of quaternary nitrogens is 1. The van der Waals surface area contributed by atoms with Gasteiger partial charge in [0, 0.05) is 21.3 Å². The van der Waals surface area contributed by atoms with E-state index in [1.54, 1.807) is 37.4 Å². The Morgan fingerprint density at radius 1 is 1.13 bits per heavy atom. The number of hydrogen-bond acceptors (Lipinski definition) is 2. The number of nitrogens with one attached hydrogen (secondary N) is 2. The standard InChI is InChI=1S/C17H18Cl2N2O2/c1-21(10-12-9-14(19)5-8-16(12)23-2)11-17(22)20-15-6-3-13(18)4-7-15/h3-9H,10-11H2,1-2H3,(H,20,22)/p+1. The Bertz CT molecular complexity index is 675. The summed E-state index contributed by atoms with van der Waals surface area (Å²) in [6, 6.07) is 12.5. The molecule has 0 aromatic heterocycles. The van der Waals surface area contributed by atoms with E-state index in [1.807, 2.05) is 19.2 Å². The van der Waals surface area contributed by atoms with Gasteiger partial charge in [0.05, 0.1) is 14.2 Å². The largest absolute Gasteiger partial charge is 0.496 e. The first kappa shape index (κ1) is 17.6. The quantitative estimate of drug-likeness (QED) is 0.838. The van der Waals surface area contributed by atoms with E-state index < -0.39 is 0 Å². The topological polar surface area (TPSA) is 42.8 Å². The lowest BCUT2D eigenvalue weighted by Crippen LogP contribution is -3.08. The number of hydrogen-bond donors (Lipinski definition) is 2. The molecule has 0 saturated heterocycles. The predicted octanol–water partition coefficient (Wildman–Crippen LogP) is 2.66. The molecule has 0 heterocycles. The van der Waals surface area contributed by atoms with E-state index in [9.17, 15) is 4.79 Å². The van der Waals surface area contributed by atoms with Gasteiger partial charge in [-0.05, 0) is 42.5 Å². The van der Waals surface area contributed by atoms with Crippen molar-refractivity contribution in [3.05, 3.63) is 58.1 Å². The molecule has 0 aliphatic carbocycles. The van der Waals surface area contributed by atoms with Gasteiger partial charge in [0.1, 0.15) is 12.3 Å². The molecule has 0 aliphatic rings. The number of amides is 1. The Morgan fingerprint density at radius 3 is 2.43 bits per heavy atom. The van der Waals surface area contributed by atoms with E-state index in [4.69, 9.17) is 27.9 Å². The molecular weight excluding hydrogens is 335 g/mol. The minimum atomic E-state index is -0.0641. The van der Waals surface area contributed by atoms with Crippen LogP contribution in [0.25, 0.3) is 0 Å². The zero-order valence-electron chi connectivity index (χ0n) is 13.0. The highest BCUT2D eigenvalue weighted by atomic mass is 35.5. The van der Waals surface area contributed by atoms with Gasteiger partial charge in [0.2, 0.25) is 0 Å². The van der Waals surface area contributed by atoms with E-state index >= 15 is 0 Å². The van der Waals surface area contributed by atoms with Crippen LogP contribution in [-0.4, -0.2) is 26.6 Å². The highest BCUT2D eigenvalue weighted by Gasteiger charge is 2.14. The minimum absolute atomic E-state index is 0.0641. The molecule has 0 aliphatic heterocycles. The van der Waals surface area contributed by atoms with Gasteiger partial charge in [-0.2, -0.15) is 0 Å². The number of likely N-dealkylation sites (N-methyl/N-ethyl adjacent to an activating group) is 1. The first-order valence-electron chi connectivity index (χ1n) is 7.17. The number of ether oxygens (including phenoxy) is 1. The lowest BCUT2D eigenvalue weighted by Gasteiger charge is -2.16. The van der Waals surface area contributed by atoms with Crippen LogP contribution in [0.5, 0.6) is 5.75 Å². The molecule has 0 spiro atoms. The van der Waals surface area contributed by atoms with Crippen molar-refractivity contribution in [1.29, 1.82) is 0 Å². The number of benzene rings is 2. The van der Waals surface area contributed by atoms with E-state index in [0.717, 1.165) is 21.9 Å². The number of carbonyl (C=O) groups excluding carboxylic acids is 1. The van der Waals surface area contributed by atoms with E-state index in [1.165, 1.54) is 0 Å². The molecule has 4 nitrogen and oxygen atoms in total. The monoisotopic (exact) mass is 353 g/mol. The highest BCUT2D eigenvalue weighted by molar-refractivity contribution is 6.31. The molecular formula is C17H19Cl2N2O2+. The second-order valence-electron chi connectivity index (χ2n) is 5.32. The van der Waals surface area contributed by atoms with Gasteiger partial charge in [-0.1, -0.05) is 23.2 Å². The summed E-state index contributed by atoms with van der Waals surface area (Å²) in [5.41, 5.74) is 1.70. The summed E-state index contributed by atoms with van der Waals surface area (Å²) in [5.74, 6) is 0.706. The van der Waals surface area contributed by atoms with Crippen molar-refractivity contribution in [3.8, 4) is 5.75 Å². The summed E-state index contributed by atoms with van der Waals surface area (Å²) in [7, 11) is 3.57. The van der Waals surface area contributed by atoms with Crippen molar-refractivity contribution < 1.29 is 14.4 Å². The summed E-state index contributed by atoms with van der Waals surface area (Å²) >= 11 is 11.9. The Labute approximate surface area is 146 Å². The van der Waals surface area contributed by atoms with Crippen LogP contribution in [0.2, 0.25) is 10.0 Å². The third-order valence-corrected chi connectivity index (χ3v) is 3.81. The van der Waals surface area contributed by atoms with Crippen LogP contribution in [0.1, 0.15) is 5.56 Å². The van der Waals surface area contributed by atoms with Crippen molar-refractivity contribution in [1.82, 2.24) is 0 Å². The van der Waals surface area contributed by atoms with Crippen LogP contribution in [0.3, 0.4) is 0 Å². The van der Waals surface area contributed by atoms with Gasteiger partial charge >= 0.3 is 0 Å². The van der Waals surface area contributed by atoms with Crippen molar-refractivity contribution >= 4 is 34.8 Å². The van der Waals surface area contributed by atoms with Crippen LogP contribution in [0, 0.1) is 0 Å². The second kappa shape index (κ2) is 8.20. The van der Waals surface area contributed by atoms with Crippen LogP contribution >= 0.6 is 23.2 Å². The summed E-state index contributed by atoms with van der Waals surface area (Å²) in [4.78, 5) is 13.1. The van der Waals surface area contributed by atoms with Gasteiger partial charge in [-0.3, -0.25) is 4.79 Å². The smallest absolute Gasteiger partial charge is 0.279 e. The molecule has 1 unspecified atom stereocenters. The molecule has 2 aromatic rings. The summed E-state index contributed by atoms with van der Waals surface area (Å²) < 4.78 is 5.33. The Balaban J connectivity index is 1.93. The SMILES string of the molecule is COc1ccc(Cl)cc1C[NH+](C)CC(=O)Nc1ccc(Cl)cc1. The van der Waals surface area contributed by atoms with Crippen LogP contribution in [-0.2, 0) is 11.3 Å². The fourth-order valence-electron chi connectivity index (χ4n) is 2.29. The molecule has 23 heavy (non-hydrogen) atoms. The molecule has 0 fully saturated rings. The first-order chi connectivity index (χ1) is 11.0. The van der Waals surface area contributed by atoms with Crippen LogP contribution in [0.4, 0.5) is 5.69 Å². The number of carbonyl (C=O) groups is 1. The van der Waals surface area contributed by atoms with Crippen LogP contribution in [0.15, 0.2) is 42.5 Å². The molecule has 0 radical (unpaired) electrons. The molecule has 122 valence electrons. The number of halogens is 2. The zero-order chi connectivity index (χ0) is 16.8. The average Bonchev–Trinajstić information content (AvgIpc) is 2.49. The Kier molecular flexibility index (Phi) is 6.28. The van der Waals surface area contributed by atoms with Gasteiger partial charge in [-0.25, -0.2) is 0 Å². The molecule has 0 saturated carbocycles. The molecule has 2 aromatic carbocycles. The maximum Gasteiger partial charge on any atom is 0.279 e. The highest BCUT2D eigenvalue weighted by Crippen LogP contribution is 2.21. The predicted molar refractivity (Wildman–Crippen MR) is 93.5 cm³/mol. The van der Waals surface area contributed by atoms with Crippen LogP contribution < -0.4 is 15.0 Å². The third-order valence-electron chi connectivity index (χ3n) is 3.32. The fraction of sp³-hybridized carbons (Fsp3) is 0.235. The maximum atomic E-state index is 12.1. The number of methoxy groups -OCH3 is 1. The average molecular weight is 354 g/mol. The van der Waals surface area contributed by atoms with Gasteiger partial charge in [-0.15, -0.1) is 0 Å². The van der Waals surface area contributed by atoms with Crippen molar-refractivity contribution in [2.24, 2.45) is 0 Å². The lowest BCUT2D eigenvalue weighted by atomic mass is 10.2. The molecule has 2 rings (SSSR count).